The molecule has 1 aromatic heterocycles. The fourth-order valence-corrected chi connectivity index (χ4v) is 3.25. The third-order valence-electron chi connectivity index (χ3n) is 5.00. The van der Waals surface area contributed by atoms with Crippen LogP contribution in [-0.4, -0.2) is 36.1 Å². The highest BCUT2D eigenvalue weighted by atomic mass is 16.4. The molecule has 3 rings (SSSR count). The lowest BCUT2D eigenvalue weighted by Crippen LogP contribution is -2.37. The van der Waals surface area contributed by atoms with Crippen molar-refractivity contribution in [3.05, 3.63) is 35.7 Å². The van der Waals surface area contributed by atoms with Gasteiger partial charge in [0.05, 0.1) is 5.69 Å². The van der Waals surface area contributed by atoms with Crippen LogP contribution in [0.15, 0.2) is 28.7 Å². The maximum absolute atomic E-state index is 5.74. The van der Waals surface area contributed by atoms with E-state index in [1.807, 2.05) is 13.8 Å². The van der Waals surface area contributed by atoms with E-state index in [4.69, 9.17) is 4.42 Å². The van der Waals surface area contributed by atoms with Gasteiger partial charge in [0, 0.05) is 17.3 Å². The Kier molecular flexibility index (Phi) is 4.71. The molecule has 4 nitrogen and oxygen atoms in total. The Labute approximate surface area is 138 Å². The fourth-order valence-electron chi connectivity index (χ4n) is 3.25. The summed E-state index contributed by atoms with van der Waals surface area (Å²) >= 11 is 0. The quantitative estimate of drug-likeness (QED) is 0.922. The third kappa shape index (κ3) is 3.75. The Morgan fingerprint density at radius 2 is 2.00 bits per heavy atom. The van der Waals surface area contributed by atoms with Crippen LogP contribution in [0.25, 0.3) is 11.5 Å². The molecule has 124 valence electrons. The second-order valence-corrected chi connectivity index (χ2v) is 6.82. The first-order valence-corrected chi connectivity index (χ1v) is 8.52. The molecule has 1 atom stereocenters. The molecule has 1 fully saturated rings. The molecule has 1 aliphatic rings. The minimum absolute atomic E-state index is 0.479. The molecule has 0 bridgehead atoms. The molecule has 0 saturated carbocycles. The van der Waals surface area contributed by atoms with Gasteiger partial charge < -0.3 is 14.6 Å². The second-order valence-electron chi connectivity index (χ2n) is 6.82. The van der Waals surface area contributed by atoms with E-state index in [9.17, 15) is 0 Å². The molecule has 0 spiro atoms. The van der Waals surface area contributed by atoms with E-state index < -0.39 is 0 Å². The maximum Gasteiger partial charge on any atom is 0.226 e. The molecule has 0 aliphatic carbocycles. The van der Waals surface area contributed by atoms with Gasteiger partial charge in [-0.2, -0.15) is 0 Å². The number of aromatic nitrogens is 1. The van der Waals surface area contributed by atoms with Crippen LogP contribution in [0.4, 0.5) is 5.69 Å². The molecule has 23 heavy (non-hydrogen) atoms. The fraction of sp³-hybridized carbons (Fsp3) is 0.526. The molecular weight excluding hydrogens is 286 g/mol. The number of hydrogen-bond donors (Lipinski definition) is 1. The van der Waals surface area contributed by atoms with Crippen LogP contribution in [-0.2, 0) is 0 Å². The molecule has 0 amide bonds. The molecule has 0 radical (unpaired) electrons. The summed E-state index contributed by atoms with van der Waals surface area (Å²) in [4.78, 5) is 6.91. The summed E-state index contributed by atoms with van der Waals surface area (Å²) in [5, 5.41) is 3.67. The van der Waals surface area contributed by atoms with Crippen LogP contribution < -0.4 is 5.32 Å². The van der Waals surface area contributed by atoms with Crippen LogP contribution in [0, 0.1) is 19.8 Å². The maximum atomic E-state index is 5.74. The number of likely N-dealkylation sites (tertiary alicyclic amines) is 1. The molecule has 4 heteroatoms. The molecule has 1 aliphatic heterocycles. The van der Waals surface area contributed by atoms with Gasteiger partial charge in [0.25, 0.3) is 0 Å². The largest absolute Gasteiger partial charge is 0.441 e. The Hall–Kier alpha value is -1.81. The number of benzene rings is 1. The van der Waals surface area contributed by atoms with Crippen molar-refractivity contribution in [2.45, 2.75) is 39.7 Å². The lowest BCUT2D eigenvalue weighted by molar-refractivity contribution is 0.208. The van der Waals surface area contributed by atoms with Crippen molar-refractivity contribution in [3.8, 4) is 11.5 Å². The first-order valence-electron chi connectivity index (χ1n) is 8.52. The van der Waals surface area contributed by atoms with Crippen molar-refractivity contribution in [2.75, 3.05) is 25.5 Å². The van der Waals surface area contributed by atoms with E-state index in [0.717, 1.165) is 28.6 Å². The highest BCUT2D eigenvalue weighted by Gasteiger charge is 2.22. The van der Waals surface area contributed by atoms with Crippen LogP contribution in [0.1, 0.15) is 31.2 Å². The van der Waals surface area contributed by atoms with Crippen molar-refractivity contribution in [2.24, 2.45) is 5.92 Å². The van der Waals surface area contributed by atoms with Crippen molar-refractivity contribution >= 4 is 5.69 Å². The van der Waals surface area contributed by atoms with Gasteiger partial charge in [0.2, 0.25) is 5.89 Å². The number of rotatable bonds is 4. The third-order valence-corrected chi connectivity index (χ3v) is 5.00. The Bertz CT molecular complexity index is 637. The Balaban J connectivity index is 1.70. The van der Waals surface area contributed by atoms with E-state index in [-0.39, 0.29) is 0 Å². The van der Waals surface area contributed by atoms with Gasteiger partial charge >= 0.3 is 0 Å². The number of oxazole rings is 1. The number of piperidine rings is 1. The number of anilines is 1. The summed E-state index contributed by atoms with van der Waals surface area (Å²) in [5.74, 6) is 2.33. The lowest BCUT2D eigenvalue weighted by atomic mass is 9.90. The van der Waals surface area contributed by atoms with Gasteiger partial charge in [0.15, 0.2) is 0 Å². The van der Waals surface area contributed by atoms with Crippen LogP contribution in [0.3, 0.4) is 0 Å². The average molecular weight is 313 g/mol. The van der Waals surface area contributed by atoms with Gasteiger partial charge in [-0.25, -0.2) is 4.98 Å². The highest BCUT2D eigenvalue weighted by molar-refractivity contribution is 5.61. The van der Waals surface area contributed by atoms with Crippen LogP contribution in [0.5, 0.6) is 0 Å². The second kappa shape index (κ2) is 6.75. The van der Waals surface area contributed by atoms with Gasteiger partial charge in [-0.1, -0.05) is 6.07 Å². The van der Waals surface area contributed by atoms with Crippen molar-refractivity contribution in [1.82, 2.24) is 9.88 Å². The molecule has 1 unspecified atom stereocenters. The topological polar surface area (TPSA) is 41.3 Å². The predicted molar refractivity (Wildman–Crippen MR) is 94.7 cm³/mol. The minimum atomic E-state index is 0.479. The van der Waals surface area contributed by atoms with Gasteiger partial charge in [0.1, 0.15) is 5.76 Å². The molecule has 1 saturated heterocycles. The lowest BCUT2D eigenvalue weighted by Gasteiger charge is -2.33. The molecular formula is C19H27N3O. The number of nitrogens with one attached hydrogen (secondary N) is 1. The summed E-state index contributed by atoms with van der Waals surface area (Å²) in [6.07, 6.45) is 2.53. The number of nitrogens with zero attached hydrogens (tertiary/aromatic N) is 2. The summed E-state index contributed by atoms with van der Waals surface area (Å²) in [6, 6.07) is 8.85. The number of hydrogen-bond acceptors (Lipinski definition) is 4. The summed E-state index contributed by atoms with van der Waals surface area (Å²) in [5.41, 5.74) is 3.13. The first-order chi connectivity index (χ1) is 11.0. The molecule has 2 aromatic rings. The van der Waals surface area contributed by atoms with Gasteiger partial charge in [-0.15, -0.1) is 0 Å². The normalized spacial score (nSPS) is 18.1. The zero-order valence-corrected chi connectivity index (χ0v) is 14.6. The van der Waals surface area contributed by atoms with E-state index in [1.54, 1.807) is 0 Å². The number of aryl methyl sites for hydroxylation is 2. The predicted octanol–water partition coefficient (Wildman–Crippen LogP) is 4.10. The smallest absolute Gasteiger partial charge is 0.226 e. The van der Waals surface area contributed by atoms with Gasteiger partial charge in [-0.3, -0.25) is 0 Å². The average Bonchev–Trinajstić information content (AvgIpc) is 2.88. The Morgan fingerprint density at radius 1 is 1.26 bits per heavy atom. The standard InChI is InChI=1S/C19H27N3O/c1-13-15(3)23-19(21-13)17-6-5-7-18(12-17)20-14(2)16-8-10-22(4)11-9-16/h5-7,12,14,16,20H,8-11H2,1-4H3. The summed E-state index contributed by atoms with van der Waals surface area (Å²) in [7, 11) is 2.21. The van der Waals surface area contributed by atoms with E-state index >= 15 is 0 Å². The van der Waals surface area contributed by atoms with Crippen molar-refractivity contribution in [3.63, 3.8) is 0 Å². The molecule has 2 heterocycles. The summed E-state index contributed by atoms with van der Waals surface area (Å²) < 4.78 is 5.74. The minimum Gasteiger partial charge on any atom is -0.441 e. The van der Waals surface area contributed by atoms with Gasteiger partial charge in [-0.05, 0) is 77.9 Å². The molecule has 1 N–H and O–H groups in total. The zero-order chi connectivity index (χ0) is 16.4. The Morgan fingerprint density at radius 3 is 2.65 bits per heavy atom. The zero-order valence-electron chi connectivity index (χ0n) is 14.6. The van der Waals surface area contributed by atoms with Crippen molar-refractivity contribution in [1.29, 1.82) is 0 Å². The first kappa shape index (κ1) is 16.1. The van der Waals surface area contributed by atoms with E-state index in [2.05, 4.69) is 53.4 Å². The van der Waals surface area contributed by atoms with Crippen LogP contribution >= 0.6 is 0 Å². The highest BCUT2D eigenvalue weighted by Crippen LogP contribution is 2.26. The molecule has 1 aromatic carbocycles. The SMILES string of the molecule is Cc1nc(-c2cccc(NC(C)C3CCN(C)CC3)c2)oc1C. The van der Waals surface area contributed by atoms with E-state index in [0.29, 0.717) is 11.9 Å². The van der Waals surface area contributed by atoms with Crippen molar-refractivity contribution < 1.29 is 4.42 Å². The van der Waals surface area contributed by atoms with Crippen LogP contribution in [0.2, 0.25) is 0 Å². The monoisotopic (exact) mass is 313 g/mol. The summed E-state index contributed by atoms with van der Waals surface area (Å²) in [6.45, 7) is 8.63. The van der Waals surface area contributed by atoms with E-state index in [1.165, 1.54) is 25.9 Å².